The number of hydrogen-bond acceptors (Lipinski definition) is 5. The highest BCUT2D eigenvalue weighted by Gasteiger charge is 2.23. The third kappa shape index (κ3) is 6.63. The fourth-order valence-corrected chi connectivity index (χ4v) is 4.47. The Bertz CT molecular complexity index is 851. The number of ether oxygens (including phenoxy) is 2. The van der Waals surface area contributed by atoms with Gasteiger partial charge in [-0.3, -0.25) is 9.89 Å². The predicted octanol–water partition coefficient (Wildman–Crippen LogP) is 3.46. The van der Waals surface area contributed by atoms with E-state index in [0.717, 1.165) is 51.1 Å². The molecule has 168 valence electrons. The molecule has 3 rings (SSSR count). The summed E-state index contributed by atoms with van der Waals surface area (Å²) in [5.41, 5.74) is 3.82. The Morgan fingerprint density at radius 1 is 1.16 bits per heavy atom. The van der Waals surface area contributed by atoms with Crippen molar-refractivity contribution in [3.05, 3.63) is 59.2 Å². The van der Waals surface area contributed by atoms with Crippen molar-refractivity contribution in [3.63, 3.8) is 0 Å². The summed E-state index contributed by atoms with van der Waals surface area (Å²) in [6.07, 6.45) is 2.12. The van der Waals surface area contributed by atoms with Gasteiger partial charge in [0.15, 0.2) is 5.96 Å². The van der Waals surface area contributed by atoms with Crippen LogP contribution in [0.2, 0.25) is 0 Å². The number of guanidine groups is 1. The maximum absolute atomic E-state index is 5.57. The van der Waals surface area contributed by atoms with Crippen LogP contribution in [-0.4, -0.2) is 64.1 Å². The van der Waals surface area contributed by atoms with Gasteiger partial charge in [0.2, 0.25) is 0 Å². The summed E-state index contributed by atoms with van der Waals surface area (Å²) in [7, 11) is 3.51. The molecule has 0 aliphatic carbocycles. The van der Waals surface area contributed by atoms with Crippen molar-refractivity contribution in [2.24, 2.45) is 4.99 Å². The third-order valence-corrected chi connectivity index (χ3v) is 6.38. The molecule has 1 saturated heterocycles. The first kappa shape index (κ1) is 23.4. The lowest BCUT2D eigenvalue weighted by Crippen LogP contribution is -2.46. The summed E-state index contributed by atoms with van der Waals surface area (Å²) in [6, 6.07) is 15.2. The van der Waals surface area contributed by atoms with E-state index in [1.165, 1.54) is 21.6 Å². The van der Waals surface area contributed by atoms with E-state index in [1.54, 1.807) is 18.9 Å². The van der Waals surface area contributed by atoms with Crippen molar-refractivity contribution in [1.82, 2.24) is 15.5 Å². The van der Waals surface area contributed by atoms with Crippen LogP contribution in [0.1, 0.15) is 22.7 Å². The van der Waals surface area contributed by atoms with E-state index < -0.39 is 0 Å². The van der Waals surface area contributed by atoms with Gasteiger partial charge < -0.3 is 20.1 Å². The second kappa shape index (κ2) is 12.0. The zero-order valence-electron chi connectivity index (χ0n) is 19.0. The Hall–Kier alpha value is -2.22. The molecule has 0 bridgehead atoms. The molecule has 0 amide bonds. The minimum Gasteiger partial charge on any atom is -0.497 e. The normalized spacial score (nSPS) is 16.1. The van der Waals surface area contributed by atoms with Crippen LogP contribution >= 0.6 is 11.8 Å². The van der Waals surface area contributed by atoms with Crippen LogP contribution in [0.5, 0.6) is 5.75 Å². The maximum atomic E-state index is 5.57. The molecular weight excluding hydrogens is 408 g/mol. The summed E-state index contributed by atoms with van der Waals surface area (Å²) in [4.78, 5) is 8.21. The van der Waals surface area contributed by atoms with Crippen LogP contribution in [0.4, 0.5) is 0 Å². The lowest BCUT2D eigenvalue weighted by molar-refractivity contribution is 0.0170. The van der Waals surface area contributed by atoms with Gasteiger partial charge in [-0.15, -0.1) is 11.8 Å². The molecule has 2 N–H and O–H groups in total. The molecule has 1 atom stereocenters. The van der Waals surface area contributed by atoms with Crippen molar-refractivity contribution < 1.29 is 9.47 Å². The number of nitrogens with one attached hydrogen (secondary N) is 2. The lowest BCUT2D eigenvalue weighted by atomic mass is 10.0. The molecule has 0 radical (unpaired) electrons. The van der Waals surface area contributed by atoms with Crippen molar-refractivity contribution in [2.75, 3.05) is 53.3 Å². The van der Waals surface area contributed by atoms with Gasteiger partial charge in [0.25, 0.3) is 0 Å². The van der Waals surface area contributed by atoms with Gasteiger partial charge >= 0.3 is 0 Å². The van der Waals surface area contributed by atoms with Crippen LogP contribution in [0, 0.1) is 6.92 Å². The number of rotatable bonds is 8. The Kier molecular flexibility index (Phi) is 9.06. The quantitative estimate of drug-likeness (QED) is 0.371. The highest BCUT2D eigenvalue weighted by molar-refractivity contribution is 7.98. The van der Waals surface area contributed by atoms with Crippen LogP contribution in [-0.2, 0) is 11.3 Å². The Labute approximate surface area is 190 Å². The molecule has 0 saturated carbocycles. The number of thioether (sulfide) groups is 1. The molecule has 1 aliphatic rings. The van der Waals surface area contributed by atoms with E-state index >= 15 is 0 Å². The van der Waals surface area contributed by atoms with Crippen LogP contribution in [0.3, 0.4) is 0 Å². The molecule has 7 heteroatoms. The second-order valence-corrected chi connectivity index (χ2v) is 8.41. The Morgan fingerprint density at radius 2 is 1.90 bits per heavy atom. The summed E-state index contributed by atoms with van der Waals surface area (Å²) in [5.74, 6) is 1.68. The maximum Gasteiger partial charge on any atom is 0.191 e. The fourth-order valence-electron chi connectivity index (χ4n) is 3.76. The minimum atomic E-state index is 0.231. The molecule has 1 aliphatic heterocycles. The molecule has 0 aromatic heterocycles. The van der Waals surface area contributed by atoms with E-state index in [9.17, 15) is 0 Å². The van der Waals surface area contributed by atoms with Gasteiger partial charge in [-0.05, 0) is 48.1 Å². The van der Waals surface area contributed by atoms with E-state index in [1.807, 2.05) is 19.2 Å². The Balaban J connectivity index is 1.65. The summed E-state index contributed by atoms with van der Waals surface area (Å²) in [5, 5.41) is 7.00. The lowest BCUT2D eigenvalue weighted by Gasteiger charge is -2.35. The number of methoxy groups -OCH3 is 1. The van der Waals surface area contributed by atoms with Gasteiger partial charge in [-0.2, -0.15) is 0 Å². The average Bonchev–Trinajstić information content (AvgIpc) is 2.82. The van der Waals surface area contributed by atoms with Crippen LogP contribution < -0.4 is 15.4 Å². The standard InChI is InChI=1S/C24H34N4O2S/c1-18-5-6-20(23(15-18)31-4)16-26-24(25-2)27-17-22(28-11-13-30-14-12-28)19-7-9-21(29-3)10-8-19/h5-10,15,22H,11-14,16-17H2,1-4H3,(H2,25,26,27). The summed E-state index contributed by atoms with van der Waals surface area (Å²) < 4.78 is 10.9. The topological polar surface area (TPSA) is 58.1 Å². The SMILES string of the molecule is CN=C(NCc1ccc(C)cc1SC)NCC(c1ccc(OC)cc1)N1CCOCC1. The van der Waals surface area contributed by atoms with Crippen molar-refractivity contribution in [1.29, 1.82) is 0 Å². The molecule has 1 heterocycles. The van der Waals surface area contributed by atoms with Gasteiger partial charge in [-0.1, -0.05) is 24.3 Å². The monoisotopic (exact) mass is 442 g/mol. The highest BCUT2D eigenvalue weighted by atomic mass is 32.2. The van der Waals surface area contributed by atoms with E-state index in [0.29, 0.717) is 0 Å². The number of hydrogen-bond donors (Lipinski definition) is 2. The van der Waals surface area contributed by atoms with Crippen molar-refractivity contribution in [2.45, 2.75) is 24.4 Å². The summed E-state index contributed by atoms with van der Waals surface area (Å²) in [6.45, 7) is 7.00. The molecule has 0 spiro atoms. The van der Waals surface area contributed by atoms with Gasteiger partial charge in [0.1, 0.15) is 5.75 Å². The number of aliphatic imine (C=N–C) groups is 1. The second-order valence-electron chi connectivity index (χ2n) is 7.56. The molecule has 1 fully saturated rings. The van der Waals surface area contributed by atoms with E-state index in [4.69, 9.17) is 9.47 Å². The third-order valence-electron chi connectivity index (χ3n) is 5.56. The fraction of sp³-hybridized carbons (Fsp3) is 0.458. The molecule has 31 heavy (non-hydrogen) atoms. The number of nitrogens with zero attached hydrogens (tertiary/aromatic N) is 2. The summed E-state index contributed by atoms with van der Waals surface area (Å²) >= 11 is 1.78. The molecule has 2 aromatic rings. The number of aryl methyl sites for hydroxylation is 1. The van der Waals surface area contributed by atoms with Crippen molar-refractivity contribution >= 4 is 17.7 Å². The first-order valence-electron chi connectivity index (χ1n) is 10.7. The minimum absolute atomic E-state index is 0.231. The van der Waals surface area contributed by atoms with Gasteiger partial charge in [0, 0.05) is 38.1 Å². The van der Waals surface area contributed by atoms with E-state index in [-0.39, 0.29) is 6.04 Å². The first-order valence-corrected chi connectivity index (χ1v) is 11.9. The number of benzene rings is 2. The zero-order chi connectivity index (χ0) is 22.1. The molecule has 2 aromatic carbocycles. The first-order chi connectivity index (χ1) is 15.1. The molecule has 1 unspecified atom stereocenters. The van der Waals surface area contributed by atoms with Crippen molar-refractivity contribution in [3.8, 4) is 5.75 Å². The Morgan fingerprint density at radius 3 is 2.55 bits per heavy atom. The van der Waals surface area contributed by atoms with Gasteiger partial charge in [-0.25, -0.2) is 0 Å². The molecule has 6 nitrogen and oxygen atoms in total. The largest absolute Gasteiger partial charge is 0.497 e. The number of morpholine rings is 1. The highest BCUT2D eigenvalue weighted by Crippen LogP contribution is 2.24. The van der Waals surface area contributed by atoms with Crippen LogP contribution in [0.15, 0.2) is 52.4 Å². The smallest absolute Gasteiger partial charge is 0.191 e. The van der Waals surface area contributed by atoms with Crippen LogP contribution in [0.25, 0.3) is 0 Å². The average molecular weight is 443 g/mol. The molecular formula is C24H34N4O2S. The zero-order valence-corrected chi connectivity index (χ0v) is 19.8. The van der Waals surface area contributed by atoms with Gasteiger partial charge in [0.05, 0.1) is 26.4 Å². The predicted molar refractivity (Wildman–Crippen MR) is 129 cm³/mol. The van der Waals surface area contributed by atoms with E-state index in [2.05, 4.69) is 64.0 Å².